The first kappa shape index (κ1) is 16.7. The minimum Gasteiger partial charge on any atom is -0.333 e. The maximum absolute atomic E-state index is 13.6. The Morgan fingerprint density at radius 1 is 1.25 bits per heavy atom. The average Bonchev–Trinajstić information content (AvgIpc) is 2.63. The van der Waals surface area contributed by atoms with Gasteiger partial charge in [0.1, 0.15) is 5.82 Å². The zero-order valence-electron chi connectivity index (χ0n) is 13.9. The molecule has 3 nitrogen and oxygen atoms in total. The van der Waals surface area contributed by atoms with E-state index in [-0.39, 0.29) is 23.7 Å². The summed E-state index contributed by atoms with van der Waals surface area (Å²) in [5, 5.41) is 3.32. The standard InChI is InChI=1S/C20H23FN2O/c1-2-18(15-7-4-3-5-8-15)20(24)23-12-11-22-14-19(23)16-9-6-10-17(21)13-16/h3-10,13,18-19,22H,2,11-12,14H2,1H3. The van der Waals surface area contributed by atoms with E-state index in [2.05, 4.69) is 5.32 Å². The van der Waals surface area contributed by atoms with Crippen molar-refractivity contribution in [2.24, 2.45) is 0 Å². The van der Waals surface area contributed by atoms with Crippen LogP contribution in [0.3, 0.4) is 0 Å². The Morgan fingerprint density at radius 2 is 2.04 bits per heavy atom. The number of benzene rings is 2. The molecule has 4 heteroatoms. The monoisotopic (exact) mass is 326 g/mol. The summed E-state index contributed by atoms with van der Waals surface area (Å²) in [6.45, 7) is 4.10. The fourth-order valence-electron chi connectivity index (χ4n) is 3.42. The van der Waals surface area contributed by atoms with E-state index in [1.165, 1.54) is 12.1 Å². The summed E-state index contributed by atoms with van der Waals surface area (Å²) >= 11 is 0. The van der Waals surface area contributed by atoms with E-state index < -0.39 is 0 Å². The van der Waals surface area contributed by atoms with Gasteiger partial charge in [-0.25, -0.2) is 4.39 Å². The molecule has 1 fully saturated rings. The van der Waals surface area contributed by atoms with Crippen molar-refractivity contribution in [3.05, 3.63) is 71.5 Å². The number of hydrogen-bond acceptors (Lipinski definition) is 2. The molecule has 2 aromatic carbocycles. The largest absolute Gasteiger partial charge is 0.333 e. The molecule has 3 rings (SSSR count). The van der Waals surface area contributed by atoms with Crippen molar-refractivity contribution in [2.45, 2.75) is 25.3 Å². The lowest BCUT2D eigenvalue weighted by molar-refractivity contribution is -0.136. The van der Waals surface area contributed by atoms with Gasteiger partial charge in [0.05, 0.1) is 12.0 Å². The van der Waals surface area contributed by atoms with Gasteiger partial charge in [-0.05, 0) is 29.7 Å². The van der Waals surface area contributed by atoms with Gasteiger partial charge in [0.25, 0.3) is 0 Å². The van der Waals surface area contributed by atoms with Crippen LogP contribution in [0.15, 0.2) is 54.6 Å². The van der Waals surface area contributed by atoms with Gasteiger partial charge in [0, 0.05) is 19.6 Å². The molecule has 1 aliphatic heterocycles. The zero-order valence-corrected chi connectivity index (χ0v) is 13.9. The van der Waals surface area contributed by atoms with Gasteiger partial charge in [-0.2, -0.15) is 0 Å². The number of amides is 1. The smallest absolute Gasteiger partial charge is 0.230 e. The molecule has 0 aromatic heterocycles. The fourth-order valence-corrected chi connectivity index (χ4v) is 3.42. The minimum atomic E-state index is -0.263. The van der Waals surface area contributed by atoms with E-state index in [1.807, 2.05) is 48.2 Å². The molecular formula is C20H23FN2O. The maximum Gasteiger partial charge on any atom is 0.230 e. The summed E-state index contributed by atoms with van der Waals surface area (Å²) in [7, 11) is 0. The van der Waals surface area contributed by atoms with Crippen LogP contribution in [0, 0.1) is 5.82 Å². The van der Waals surface area contributed by atoms with Crippen LogP contribution in [0.5, 0.6) is 0 Å². The predicted molar refractivity (Wildman–Crippen MR) is 93.2 cm³/mol. The van der Waals surface area contributed by atoms with Gasteiger partial charge in [-0.3, -0.25) is 4.79 Å². The number of nitrogens with one attached hydrogen (secondary N) is 1. The zero-order chi connectivity index (χ0) is 16.9. The highest BCUT2D eigenvalue weighted by molar-refractivity contribution is 5.84. The fraction of sp³-hybridized carbons (Fsp3) is 0.350. The number of nitrogens with zero attached hydrogens (tertiary/aromatic N) is 1. The van der Waals surface area contributed by atoms with Crippen molar-refractivity contribution < 1.29 is 9.18 Å². The highest BCUT2D eigenvalue weighted by atomic mass is 19.1. The van der Waals surface area contributed by atoms with E-state index in [0.717, 1.165) is 24.1 Å². The van der Waals surface area contributed by atoms with Crippen LogP contribution in [0.4, 0.5) is 4.39 Å². The number of carbonyl (C=O) groups is 1. The number of hydrogen-bond donors (Lipinski definition) is 1. The van der Waals surface area contributed by atoms with Crippen molar-refractivity contribution in [3.8, 4) is 0 Å². The molecule has 1 amide bonds. The van der Waals surface area contributed by atoms with E-state index in [4.69, 9.17) is 0 Å². The summed E-state index contributed by atoms with van der Waals surface area (Å²) in [5.41, 5.74) is 1.89. The average molecular weight is 326 g/mol. The van der Waals surface area contributed by atoms with E-state index in [0.29, 0.717) is 13.1 Å². The van der Waals surface area contributed by atoms with Crippen molar-refractivity contribution in [1.29, 1.82) is 0 Å². The lowest BCUT2D eigenvalue weighted by Gasteiger charge is -2.38. The Hall–Kier alpha value is -2.20. The van der Waals surface area contributed by atoms with E-state index in [1.54, 1.807) is 6.07 Å². The lowest BCUT2D eigenvalue weighted by atomic mass is 9.93. The first-order valence-corrected chi connectivity index (χ1v) is 8.52. The highest BCUT2D eigenvalue weighted by Crippen LogP contribution is 2.29. The molecule has 2 unspecified atom stereocenters. The molecule has 0 radical (unpaired) electrons. The Labute approximate surface area is 142 Å². The topological polar surface area (TPSA) is 32.3 Å². The Balaban J connectivity index is 1.88. The first-order valence-electron chi connectivity index (χ1n) is 8.52. The van der Waals surface area contributed by atoms with Crippen molar-refractivity contribution in [2.75, 3.05) is 19.6 Å². The van der Waals surface area contributed by atoms with Gasteiger partial charge in [-0.15, -0.1) is 0 Å². The van der Waals surface area contributed by atoms with Crippen LogP contribution in [-0.4, -0.2) is 30.4 Å². The van der Waals surface area contributed by atoms with Crippen LogP contribution in [0.25, 0.3) is 0 Å². The number of rotatable bonds is 4. The number of carbonyl (C=O) groups excluding carboxylic acids is 1. The van der Waals surface area contributed by atoms with Gasteiger partial charge in [0.15, 0.2) is 0 Å². The number of piperazine rings is 1. The summed E-state index contributed by atoms with van der Waals surface area (Å²) in [4.78, 5) is 15.1. The Kier molecular flexibility index (Phi) is 5.26. The normalized spacial score (nSPS) is 19.1. The summed E-state index contributed by atoms with van der Waals surface area (Å²) < 4.78 is 13.6. The molecule has 1 N–H and O–H groups in total. The molecule has 1 heterocycles. The third-order valence-electron chi connectivity index (χ3n) is 4.67. The van der Waals surface area contributed by atoms with Crippen LogP contribution in [0.1, 0.15) is 36.4 Å². The highest BCUT2D eigenvalue weighted by Gasteiger charge is 2.32. The van der Waals surface area contributed by atoms with Crippen molar-refractivity contribution in [3.63, 3.8) is 0 Å². The molecule has 24 heavy (non-hydrogen) atoms. The first-order chi connectivity index (χ1) is 11.7. The maximum atomic E-state index is 13.6. The lowest BCUT2D eigenvalue weighted by Crippen LogP contribution is -2.50. The molecule has 2 atom stereocenters. The molecule has 126 valence electrons. The van der Waals surface area contributed by atoms with Gasteiger partial charge < -0.3 is 10.2 Å². The second-order valence-corrected chi connectivity index (χ2v) is 6.18. The summed E-state index contributed by atoms with van der Waals surface area (Å²) in [6.07, 6.45) is 0.753. The van der Waals surface area contributed by atoms with Crippen LogP contribution in [0.2, 0.25) is 0 Å². The summed E-state index contributed by atoms with van der Waals surface area (Å²) in [5.74, 6) is -0.291. The molecule has 0 saturated carbocycles. The van der Waals surface area contributed by atoms with E-state index >= 15 is 0 Å². The third kappa shape index (κ3) is 3.49. The minimum absolute atomic E-state index is 0.125. The molecule has 0 bridgehead atoms. The van der Waals surface area contributed by atoms with Crippen LogP contribution in [-0.2, 0) is 4.79 Å². The molecule has 0 spiro atoms. The van der Waals surface area contributed by atoms with Gasteiger partial charge in [-0.1, -0.05) is 49.4 Å². The summed E-state index contributed by atoms with van der Waals surface area (Å²) in [6, 6.07) is 16.3. The molecule has 2 aromatic rings. The quantitative estimate of drug-likeness (QED) is 0.933. The molecule has 1 aliphatic rings. The third-order valence-corrected chi connectivity index (χ3v) is 4.67. The van der Waals surface area contributed by atoms with E-state index in [9.17, 15) is 9.18 Å². The molecule has 0 aliphatic carbocycles. The van der Waals surface area contributed by atoms with Crippen LogP contribution < -0.4 is 5.32 Å². The predicted octanol–water partition coefficient (Wildman–Crippen LogP) is 3.49. The second kappa shape index (κ2) is 7.58. The molecular weight excluding hydrogens is 303 g/mol. The SMILES string of the molecule is CCC(C(=O)N1CCNCC1c1cccc(F)c1)c1ccccc1. The van der Waals surface area contributed by atoms with Gasteiger partial charge >= 0.3 is 0 Å². The van der Waals surface area contributed by atoms with Crippen molar-refractivity contribution in [1.82, 2.24) is 10.2 Å². The molecule has 1 saturated heterocycles. The number of halogens is 1. The van der Waals surface area contributed by atoms with Crippen LogP contribution >= 0.6 is 0 Å². The van der Waals surface area contributed by atoms with Gasteiger partial charge in [0.2, 0.25) is 5.91 Å². The van der Waals surface area contributed by atoms with Crippen molar-refractivity contribution >= 4 is 5.91 Å². The Morgan fingerprint density at radius 3 is 2.75 bits per heavy atom. The second-order valence-electron chi connectivity index (χ2n) is 6.18. The Bertz CT molecular complexity index is 689.